The number of carbonyl (C=O) groups excluding carboxylic acids is 2. The molecular formula is C21H26N4O3. The molecule has 0 unspecified atom stereocenters. The molecule has 2 N–H and O–H groups in total. The highest BCUT2D eigenvalue weighted by molar-refractivity contribution is 6.04. The van der Waals surface area contributed by atoms with Crippen LogP contribution in [-0.4, -0.2) is 34.5 Å². The average Bonchev–Trinajstić information content (AvgIpc) is 3.36. The number of methoxy groups -OCH3 is 1. The molecule has 0 saturated heterocycles. The second-order valence-electron chi connectivity index (χ2n) is 7.45. The molecule has 0 spiro atoms. The second kappa shape index (κ2) is 8.04. The van der Waals surface area contributed by atoms with E-state index in [1.807, 2.05) is 16.7 Å². The average molecular weight is 382 g/mol. The Balaban J connectivity index is 1.60. The molecular weight excluding hydrogens is 356 g/mol. The smallest absolute Gasteiger partial charge is 0.291 e. The third kappa shape index (κ3) is 3.61. The van der Waals surface area contributed by atoms with Crippen LogP contribution in [0.15, 0.2) is 24.3 Å². The van der Waals surface area contributed by atoms with Crippen LogP contribution in [0.5, 0.6) is 5.75 Å². The van der Waals surface area contributed by atoms with Crippen LogP contribution in [0.25, 0.3) is 0 Å². The maximum Gasteiger partial charge on any atom is 0.291 e. The standard InChI is InChI=1S/C21H26N4O3/c1-28-17-12-5-4-10-15(17)23-21(27)19-24-18(16-11-6-7-13-25(16)19)20(26)22-14-8-2-3-9-14/h4-5,10,12,14H,2-3,6-9,11,13H2,1H3,(H,22,26)(H,23,27). The lowest BCUT2D eigenvalue weighted by Gasteiger charge is -2.18. The van der Waals surface area contributed by atoms with Gasteiger partial charge in [0.05, 0.1) is 18.5 Å². The highest BCUT2D eigenvalue weighted by atomic mass is 16.5. The van der Waals surface area contributed by atoms with E-state index in [1.165, 1.54) is 0 Å². The molecule has 1 aromatic carbocycles. The van der Waals surface area contributed by atoms with Gasteiger partial charge >= 0.3 is 0 Å². The van der Waals surface area contributed by atoms with Gasteiger partial charge in [0.2, 0.25) is 0 Å². The molecule has 7 nitrogen and oxygen atoms in total. The first-order valence-corrected chi connectivity index (χ1v) is 10.0. The van der Waals surface area contributed by atoms with Gasteiger partial charge in [-0.2, -0.15) is 0 Å². The number of imidazole rings is 1. The Morgan fingerprint density at radius 1 is 1.11 bits per heavy atom. The van der Waals surface area contributed by atoms with E-state index in [-0.39, 0.29) is 23.7 Å². The fourth-order valence-corrected chi connectivity index (χ4v) is 4.15. The molecule has 1 aliphatic heterocycles. The summed E-state index contributed by atoms with van der Waals surface area (Å²) in [7, 11) is 1.56. The Labute approximate surface area is 164 Å². The SMILES string of the molecule is COc1ccccc1NC(=O)c1nc(C(=O)NC2CCCC2)c2n1CCCC2. The Morgan fingerprint density at radius 3 is 2.68 bits per heavy atom. The van der Waals surface area contributed by atoms with Gasteiger partial charge in [0.1, 0.15) is 11.4 Å². The molecule has 0 bridgehead atoms. The normalized spacial score (nSPS) is 16.5. The van der Waals surface area contributed by atoms with Gasteiger partial charge < -0.3 is 19.9 Å². The number of rotatable bonds is 5. The number of carbonyl (C=O) groups is 2. The minimum Gasteiger partial charge on any atom is -0.495 e. The fraction of sp³-hybridized carbons (Fsp3) is 0.476. The number of hydrogen-bond donors (Lipinski definition) is 2. The Morgan fingerprint density at radius 2 is 1.89 bits per heavy atom. The molecule has 1 aromatic heterocycles. The summed E-state index contributed by atoms with van der Waals surface area (Å²) in [4.78, 5) is 30.3. The maximum absolute atomic E-state index is 13.0. The van der Waals surface area contributed by atoms with Gasteiger partial charge in [-0.3, -0.25) is 9.59 Å². The first-order chi connectivity index (χ1) is 13.7. The molecule has 1 aliphatic carbocycles. The second-order valence-corrected chi connectivity index (χ2v) is 7.45. The van der Waals surface area contributed by atoms with Gasteiger partial charge in [-0.1, -0.05) is 25.0 Å². The lowest BCUT2D eigenvalue weighted by atomic mass is 10.1. The van der Waals surface area contributed by atoms with E-state index >= 15 is 0 Å². The molecule has 2 aliphatic rings. The van der Waals surface area contributed by atoms with Crippen molar-refractivity contribution in [2.75, 3.05) is 12.4 Å². The molecule has 0 atom stereocenters. The van der Waals surface area contributed by atoms with Gasteiger partial charge in [0.25, 0.3) is 11.8 Å². The van der Waals surface area contributed by atoms with Gasteiger partial charge in [-0.25, -0.2) is 4.98 Å². The summed E-state index contributed by atoms with van der Waals surface area (Å²) in [6, 6.07) is 7.47. The molecule has 1 saturated carbocycles. The number of para-hydroxylation sites is 2. The third-order valence-electron chi connectivity index (χ3n) is 5.58. The maximum atomic E-state index is 13.0. The molecule has 0 radical (unpaired) electrons. The monoisotopic (exact) mass is 382 g/mol. The van der Waals surface area contributed by atoms with Gasteiger partial charge in [-0.15, -0.1) is 0 Å². The number of aromatic nitrogens is 2. The summed E-state index contributed by atoms with van der Waals surface area (Å²) in [5.41, 5.74) is 1.85. The minimum absolute atomic E-state index is 0.158. The molecule has 2 aromatic rings. The number of nitrogens with zero attached hydrogens (tertiary/aromatic N) is 2. The van der Waals surface area contributed by atoms with Crippen molar-refractivity contribution in [3.63, 3.8) is 0 Å². The quantitative estimate of drug-likeness (QED) is 0.832. The van der Waals surface area contributed by atoms with Crippen LogP contribution in [0.2, 0.25) is 0 Å². The molecule has 4 rings (SSSR count). The van der Waals surface area contributed by atoms with Crippen molar-refractivity contribution >= 4 is 17.5 Å². The van der Waals surface area contributed by atoms with Crippen LogP contribution in [-0.2, 0) is 13.0 Å². The third-order valence-corrected chi connectivity index (χ3v) is 5.58. The molecule has 2 heterocycles. The predicted molar refractivity (Wildman–Crippen MR) is 106 cm³/mol. The van der Waals surface area contributed by atoms with Crippen LogP contribution in [0.3, 0.4) is 0 Å². The van der Waals surface area contributed by atoms with E-state index in [0.29, 0.717) is 23.7 Å². The molecule has 148 valence electrons. The van der Waals surface area contributed by atoms with E-state index < -0.39 is 0 Å². The molecule has 7 heteroatoms. The molecule has 1 fully saturated rings. The summed E-state index contributed by atoms with van der Waals surface area (Å²) in [5, 5.41) is 5.97. The number of hydrogen-bond acceptors (Lipinski definition) is 4. The number of amides is 2. The Kier molecular flexibility index (Phi) is 5.32. The number of nitrogens with one attached hydrogen (secondary N) is 2. The van der Waals surface area contributed by atoms with Crippen LogP contribution in [0.1, 0.15) is 65.3 Å². The predicted octanol–water partition coefficient (Wildman–Crippen LogP) is 3.15. The molecule has 2 amide bonds. The van der Waals surface area contributed by atoms with E-state index in [0.717, 1.165) is 50.6 Å². The highest BCUT2D eigenvalue weighted by Gasteiger charge is 2.29. The van der Waals surface area contributed by atoms with Crippen molar-refractivity contribution in [1.29, 1.82) is 0 Å². The van der Waals surface area contributed by atoms with E-state index in [1.54, 1.807) is 19.2 Å². The topological polar surface area (TPSA) is 85.2 Å². The van der Waals surface area contributed by atoms with Gasteiger partial charge in [-0.05, 0) is 44.2 Å². The summed E-state index contributed by atoms with van der Waals surface area (Å²) in [5.74, 6) is 0.388. The zero-order valence-corrected chi connectivity index (χ0v) is 16.2. The number of fused-ring (bicyclic) bond motifs is 1. The number of ether oxygens (including phenoxy) is 1. The van der Waals surface area contributed by atoms with Crippen molar-refractivity contribution in [3.8, 4) is 5.75 Å². The van der Waals surface area contributed by atoms with Crippen molar-refractivity contribution in [2.24, 2.45) is 0 Å². The first-order valence-electron chi connectivity index (χ1n) is 10.0. The van der Waals surface area contributed by atoms with Crippen molar-refractivity contribution in [3.05, 3.63) is 41.5 Å². The van der Waals surface area contributed by atoms with Gasteiger partial charge in [0, 0.05) is 12.6 Å². The minimum atomic E-state index is -0.326. The summed E-state index contributed by atoms with van der Waals surface area (Å²) < 4.78 is 7.21. The Bertz CT molecular complexity index is 884. The van der Waals surface area contributed by atoms with Crippen LogP contribution in [0.4, 0.5) is 5.69 Å². The zero-order chi connectivity index (χ0) is 19.5. The number of anilines is 1. The van der Waals surface area contributed by atoms with Crippen molar-refractivity contribution < 1.29 is 14.3 Å². The van der Waals surface area contributed by atoms with E-state index in [9.17, 15) is 9.59 Å². The van der Waals surface area contributed by atoms with Gasteiger partial charge in [0.15, 0.2) is 5.82 Å². The first kappa shape index (κ1) is 18.5. The van der Waals surface area contributed by atoms with Crippen LogP contribution in [0, 0.1) is 0 Å². The summed E-state index contributed by atoms with van der Waals surface area (Å²) in [6.45, 7) is 0.702. The highest BCUT2D eigenvalue weighted by Crippen LogP contribution is 2.26. The van der Waals surface area contributed by atoms with E-state index in [4.69, 9.17) is 4.74 Å². The van der Waals surface area contributed by atoms with Crippen molar-refractivity contribution in [1.82, 2.24) is 14.9 Å². The van der Waals surface area contributed by atoms with E-state index in [2.05, 4.69) is 15.6 Å². The largest absolute Gasteiger partial charge is 0.495 e. The lowest BCUT2D eigenvalue weighted by Crippen LogP contribution is -2.33. The fourth-order valence-electron chi connectivity index (χ4n) is 4.15. The van der Waals surface area contributed by atoms with Crippen molar-refractivity contribution in [2.45, 2.75) is 57.5 Å². The summed E-state index contributed by atoms with van der Waals surface area (Å²) in [6.07, 6.45) is 7.08. The van der Waals surface area contributed by atoms with Crippen LogP contribution >= 0.6 is 0 Å². The number of benzene rings is 1. The Hall–Kier alpha value is -2.83. The van der Waals surface area contributed by atoms with Crippen LogP contribution < -0.4 is 15.4 Å². The summed E-state index contributed by atoms with van der Waals surface area (Å²) >= 11 is 0. The zero-order valence-electron chi connectivity index (χ0n) is 16.2. The molecule has 28 heavy (non-hydrogen) atoms. The lowest BCUT2D eigenvalue weighted by molar-refractivity contribution is 0.0931.